The molecule has 0 aliphatic rings. The van der Waals surface area contributed by atoms with Crippen LogP contribution in [0.3, 0.4) is 0 Å². The number of pyridine rings is 2. The molecule has 1 aromatic carbocycles. The Morgan fingerprint density at radius 2 is 1.60 bits per heavy atom. The van der Waals surface area contributed by atoms with E-state index in [9.17, 15) is 0 Å². The van der Waals surface area contributed by atoms with Crippen molar-refractivity contribution in [1.29, 1.82) is 0 Å². The lowest BCUT2D eigenvalue weighted by Gasteiger charge is -2.02. The van der Waals surface area contributed by atoms with E-state index in [1.54, 1.807) is 28.9 Å². The Bertz CT molecular complexity index is 1270. The summed E-state index contributed by atoms with van der Waals surface area (Å²) in [5.41, 5.74) is 5.43. The summed E-state index contributed by atoms with van der Waals surface area (Å²) >= 11 is 3.33. The molecule has 0 fully saturated rings. The molecule has 4 nitrogen and oxygen atoms in total. The molecule has 6 heteroatoms. The number of aryl methyl sites for hydroxylation is 1. The molecule has 1 N–H and O–H groups in total. The molecule has 0 unspecified atom stereocenters. The van der Waals surface area contributed by atoms with E-state index in [-0.39, 0.29) is 0 Å². The SMILES string of the molecule is Cc1ccnc(Nc2nc(-c3ccc(-c4ccc(-c5ccccn5)s4)cc3)cs2)c1. The summed E-state index contributed by atoms with van der Waals surface area (Å²) in [5.74, 6) is 0.813. The fourth-order valence-electron chi connectivity index (χ4n) is 3.12. The predicted molar refractivity (Wildman–Crippen MR) is 126 cm³/mol. The molecule has 0 saturated carbocycles. The van der Waals surface area contributed by atoms with Crippen LogP contribution in [0.4, 0.5) is 10.9 Å². The minimum Gasteiger partial charge on any atom is -0.316 e. The Morgan fingerprint density at radius 1 is 0.767 bits per heavy atom. The highest BCUT2D eigenvalue weighted by Crippen LogP contribution is 2.35. The van der Waals surface area contributed by atoms with Gasteiger partial charge in [-0.1, -0.05) is 30.3 Å². The second kappa shape index (κ2) is 8.18. The van der Waals surface area contributed by atoms with E-state index in [1.807, 2.05) is 36.5 Å². The van der Waals surface area contributed by atoms with Gasteiger partial charge in [-0.25, -0.2) is 9.97 Å². The highest BCUT2D eigenvalue weighted by molar-refractivity contribution is 7.18. The van der Waals surface area contributed by atoms with Gasteiger partial charge in [0.1, 0.15) is 5.82 Å². The molecule has 0 aliphatic heterocycles. The largest absolute Gasteiger partial charge is 0.316 e. The number of nitrogens with one attached hydrogen (secondary N) is 1. The van der Waals surface area contributed by atoms with Crippen molar-refractivity contribution in [3.63, 3.8) is 0 Å². The summed E-state index contributed by atoms with van der Waals surface area (Å²) in [4.78, 5) is 15.9. The van der Waals surface area contributed by atoms with Crippen LogP contribution in [0.15, 0.2) is 84.5 Å². The Morgan fingerprint density at radius 3 is 2.40 bits per heavy atom. The summed E-state index contributed by atoms with van der Waals surface area (Å²) in [6.07, 6.45) is 3.63. The van der Waals surface area contributed by atoms with Gasteiger partial charge in [-0.05, 0) is 54.4 Å². The lowest BCUT2D eigenvalue weighted by Crippen LogP contribution is -1.93. The zero-order valence-electron chi connectivity index (χ0n) is 16.2. The zero-order valence-corrected chi connectivity index (χ0v) is 17.9. The Kier molecular flexibility index (Phi) is 5.09. The molecule has 5 rings (SSSR count). The molecule has 146 valence electrons. The first-order valence-electron chi connectivity index (χ1n) is 9.52. The molecule has 0 amide bonds. The average Bonchev–Trinajstić information content (AvgIpc) is 3.45. The van der Waals surface area contributed by atoms with Gasteiger partial charge in [-0.15, -0.1) is 22.7 Å². The van der Waals surface area contributed by atoms with Gasteiger partial charge in [0, 0.05) is 28.2 Å². The van der Waals surface area contributed by atoms with E-state index < -0.39 is 0 Å². The standard InChI is InChI=1S/C24H18N4S2/c1-16-11-13-26-23(14-16)28-24-27-20(15-29-24)17-5-7-18(8-6-17)21-9-10-22(30-21)19-4-2-3-12-25-19/h2-15H,1H3,(H,26,27,28). The van der Waals surface area contributed by atoms with Crippen molar-refractivity contribution in [2.75, 3.05) is 5.32 Å². The Labute approximate surface area is 183 Å². The van der Waals surface area contributed by atoms with Crippen molar-refractivity contribution in [3.8, 4) is 32.3 Å². The molecule has 0 atom stereocenters. The van der Waals surface area contributed by atoms with E-state index in [0.29, 0.717) is 0 Å². The van der Waals surface area contributed by atoms with E-state index in [4.69, 9.17) is 4.98 Å². The first kappa shape index (κ1) is 18.7. The summed E-state index contributed by atoms with van der Waals surface area (Å²) in [6, 6.07) is 22.8. The lowest BCUT2D eigenvalue weighted by atomic mass is 10.1. The van der Waals surface area contributed by atoms with E-state index in [1.165, 1.54) is 20.9 Å². The number of nitrogens with zero attached hydrogens (tertiary/aromatic N) is 3. The van der Waals surface area contributed by atoms with Gasteiger partial charge in [0.2, 0.25) is 0 Å². The Hall–Kier alpha value is -3.35. The number of hydrogen-bond acceptors (Lipinski definition) is 6. The summed E-state index contributed by atoms with van der Waals surface area (Å²) in [6.45, 7) is 2.05. The molecule has 0 spiro atoms. The van der Waals surface area contributed by atoms with Gasteiger partial charge >= 0.3 is 0 Å². The number of benzene rings is 1. The maximum Gasteiger partial charge on any atom is 0.188 e. The minimum absolute atomic E-state index is 0.813. The van der Waals surface area contributed by atoms with Crippen molar-refractivity contribution < 1.29 is 0 Å². The first-order valence-corrected chi connectivity index (χ1v) is 11.2. The molecule has 0 saturated heterocycles. The molecule has 0 radical (unpaired) electrons. The van der Waals surface area contributed by atoms with Gasteiger partial charge in [-0.3, -0.25) is 4.98 Å². The van der Waals surface area contributed by atoms with E-state index >= 15 is 0 Å². The number of thiophene rings is 1. The highest BCUT2D eigenvalue weighted by atomic mass is 32.1. The van der Waals surface area contributed by atoms with Crippen LogP contribution in [0.25, 0.3) is 32.3 Å². The molecule has 4 aromatic heterocycles. The van der Waals surface area contributed by atoms with Crippen LogP contribution in [0.1, 0.15) is 5.56 Å². The maximum atomic E-state index is 4.71. The number of rotatable bonds is 5. The fraction of sp³-hybridized carbons (Fsp3) is 0.0417. The number of thiazole rings is 1. The van der Waals surface area contributed by atoms with Crippen LogP contribution in [0, 0.1) is 6.92 Å². The van der Waals surface area contributed by atoms with Crippen LogP contribution in [0.5, 0.6) is 0 Å². The van der Waals surface area contributed by atoms with Crippen LogP contribution in [-0.2, 0) is 0 Å². The van der Waals surface area contributed by atoms with E-state index in [2.05, 4.69) is 64.0 Å². The van der Waals surface area contributed by atoms with Crippen molar-refractivity contribution in [2.24, 2.45) is 0 Å². The van der Waals surface area contributed by atoms with Crippen LogP contribution in [0.2, 0.25) is 0 Å². The Balaban J connectivity index is 1.33. The molecule has 30 heavy (non-hydrogen) atoms. The number of aromatic nitrogens is 3. The quantitative estimate of drug-likeness (QED) is 0.327. The van der Waals surface area contributed by atoms with Gasteiger partial charge in [0.15, 0.2) is 5.13 Å². The van der Waals surface area contributed by atoms with Crippen molar-refractivity contribution >= 4 is 33.6 Å². The third kappa shape index (κ3) is 4.01. The number of anilines is 2. The maximum absolute atomic E-state index is 4.71. The fourth-order valence-corrected chi connectivity index (χ4v) is 4.84. The third-order valence-electron chi connectivity index (χ3n) is 4.64. The predicted octanol–water partition coefficient (Wildman–Crippen LogP) is 7.05. The van der Waals surface area contributed by atoms with Crippen molar-refractivity contribution in [2.45, 2.75) is 6.92 Å². The molecule has 0 aliphatic carbocycles. The molecule has 4 heterocycles. The first-order chi connectivity index (χ1) is 14.7. The second-order valence-electron chi connectivity index (χ2n) is 6.84. The summed E-state index contributed by atoms with van der Waals surface area (Å²) in [7, 11) is 0. The molecule has 0 bridgehead atoms. The van der Waals surface area contributed by atoms with Crippen molar-refractivity contribution in [1.82, 2.24) is 15.0 Å². The van der Waals surface area contributed by atoms with Crippen molar-refractivity contribution in [3.05, 3.63) is 90.1 Å². The summed E-state index contributed by atoms with van der Waals surface area (Å²) in [5, 5.41) is 6.19. The van der Waals surface area contributed by atoms with Crippen LogP contribution < -0.4 is 5.32 Å². The van der Waals surface area contributed by atoms with Crippen LogP contribution >= 0.6 is 22.7 Å². The zero-order chi connectivity index (χ0) is 20.3. The summed E-state index contributed by atoms with van der Waals surface area (Å²) < 4.78 is 0. The minimum atomic E-state index is 0.813. The topological polar surface area (TPSA) is 50.7 Å². The van der Waals surface area contributed by atoms with Gasteiger partial charge in [0.25, 0.3) is 0 Å². The third-order valence-corrected chi connectivity index (χ3v) is 6.56. The average molecular weight is 427 g/mol. The smallest absolute Gasteiger partial charge is 0.188 e. The molecular formula is C24H18N4S2. The van der Waals surface area contributed by atoms with Gasteiger partial charge in [0.05, 0.1) is 16.3 Å². The second-order valence-corrected chi connectivity index (χ2v) is 8.78. The molecule has 5 aromatic rings. The van der Waals surface area contributed by atoms with Gasteiger partial charge in [-0.2, -0.15) is 0 Å². The molecular weight excluding hydrogens is 408 g/mol. The van der Waals surface area contributed by atoms with Crippen LogP contribution in [-0.4, -0.2) is 15.0 Å². The lowest BCUT2D eigenvalue weighted by molar-refractivity contribution is 1.26. The monoisotopic (exact) mass is 426 g/mol. The normalized spacial score (nSPS) is 10.8. The number of hydrogen-bond donors (Lipinski definition) is 1. The van der Waals surface area contributed by atoms with Gasteiger partial charge < -0.3 is 5.32 Å². The van der Waals surface area contributed by atoms with E-state index in [0.717, 1.165) is 27.9 Å². The highest BCUT2D eigenvalue weighted by Gasteiger charge is 2.08.